The zero-order valence-electron chi connectivity index (χ0n) is 13.5. The predicted molar refractivity (Wildman–Crippen MR) is 90.7 cm³/mol. The number of esters is 2. The lowest BCUT2D eigenvalue weighted by Crippen LogP contribution is -2.32. The second kappa shape index (κ2) is 9.30. The predicted octanol–water partition coefficient (Wildman–Crippen LogP) is 2.44. The molecule has 1 aromatic carbocycles. The second-order valence-electron chi connectivity index (χ2n) is 4.73. The van der Waals surface area contributed by atoms with Crippen molar-refractivity contribution in [1.29, 1.82) is 0 Å². The zero-order valence-corrected chi connectivity index (χ0v) is 14.3. The molecule has 4 nitrogen and oxygen atoms in total. The molecular weight excluding hydrogens is 300 g/mol. The van der Waals surface area contributed by atoms with E-state index in [2.05, 4.69) is 0 Å². The molecule has 0 saturated heterocycles. The highest BCUT2D eigenvalue weighted by Crippen LogP contribution is 2.25. The topological polar surface area (TPSA) is 52.6 Å². The van der Waals surface area contributed by atoms with E-state index in [9.17, 15) is 9.59 Å². The lowest BCUT2D eigenvalue weighted by atomic mass is 10.0. The van der Waals surface area contributed by atoms with Crippen molar-refractivity contribution in [3.63, 3.8) is 0 Å². The summed E-state index contributed by atoms with van der Waals surface area (Å²) in [5.41, 5.74) is 1.47. The van der Waals surface area contributed by atoms with Crippen LogP contribution in [0.15, 0.2) is 36.4 Å². The van der Waals surface area contributed by atoms with Crippen LogP contribution in [0.2, 0.25) is 0 Å². The number of carbonyl (C=O) groups is 2. The highest BCUT2D eigenvalue weighted by atomic mass is 32.2. The third kappa shape index (κ3) is 5.22. The number of hydrogen-bond donors (Lipinski definition) is 0. The van der Waals surface area contributed by atoms with Crippen molar-refractivity contribution in [2.75, 3.05) is 25.7 Å². The van der Waals surface area contributed by atoms with Gasteiger partial charge < -0.3 is 9.47 Å². The van der Waals surface area contributed by atoms with Crippen molar-refractivity contribution in [3.05, 3.63) is 42.0 Å². The first-order valence-electron chi connectivity index (χ1n) is 7.18. The van der Waals surface area contributed by atoms with Crippen LogP contribution in [0.1, 0.15) is 19.4 Å². The average Bonchev–Trinajstić information content (AvgIpc) is 2.47. The monoisotopic (exact) mass is 323 g/mol. The molecule has 0 radical (unpaired) electrons. The number of rotatable bonds is 7. The molecule has 0 fully saturated rings. The highest BCUT2D eigenvalue weighted by molar-refractivity contribution is 7.97. The van der Waals surface area contributed by atoms with E-state index in [4.69, 9.17) is 9.47 Å². The van der Waals surface area contributed by atoms with E-state index in [1.54, 1.807) is 13.8 Å². The van der Waals surface area contributed by atoms with E-state index in [1.807, 2.05) is 42.8 Å². The van der Waals surface area contributed by atoms with Crippen molar-refractivity contribution in [2.45, 2.75) is 19.1 Å². The Kier molecular flexibility index (Phi) is 7.74. The first-order chi connectivity index (χ1) is 10.5. The molecule has 0 aliphatic heterocycles. The van der Waals surface area contributed by atoms with Crippen molar-refractivity contribution >= 4 is 28.4 Å². The van der Waals surface area contributed by atoms with Gasteiger partial charge in [0, 0.05) is 22.5 Å². The van der Waals surface area contributed by atoms with Crippen LogP contribution in [0.5, 0.6) is 0 Å². The molecule has 120 valence electrons. The summed E-state index contributed by atoms with van der Waals surface area (Å²) < 4.78 is 10.2. The molecule has 1 unspecified atom stereocenters. The van der Waals surface area contributed by atoms with Crippen molar-refractivity contribution in [2.24, 2.45) is 0 Å². The summed E-state index contributed by atoms with van der Waals surface area (Å²) in [5, 5.41) is -0.480. The summed E-state index contributed by atoms with van der Waals surface area (Å²) in [4.78, 5) is 24.2. The Morgan fingerprint density at radius 1 is 1.09 bits per heavy atom. The molecule has 0 aliphatic carbocycles. The maximum Gasteiger partial charge on any atom is 0.364 e. The van der Waals surface area contributed by atoms with Gasteiger partial charge in [-0.2, -0.15) is 0 Å². The molecule has 0 N–H and O–H groups in total. The molecule has 1 rings (SSSR count). The molecule has 5 heteroatoms. The first-order valence-corrected chi connectivity index (χ1v) is 9.28. The Morgan fingerprint density at radius 2 is 1.68 bits per heavy atom. The van der Waals surface area contributed by atoms with Crippen molar-refractivity contribution in [1.82, 2.24) is 0 Å². The molecule has 0 heterocycles. The van der Waals surface area contributed by atoms with Gasteiger partial charge in [-0.15, -0.1) is 0 Å². The summed E-state index contributed by atoms with van der Waals surface area (Å²) in [5.74, 6) is -0.753. The van der Waals surface area contributed by atoms with Crippen LogP contribution in [0, 0.1) is 0 Å². The Balaban J connectivity index is 3.28. The van der Waals surface area contributed by atoms with Gasteiger partial charge in [0.1, 0.15) is 0 Å². The van der Waals surface area contributed by atoms with E-state index in [0.717, 1.165) is 5.56 Å². The minimum absolute atomic E-state index is 0.286. The zero-order chi connectivity index (χ0) is 16.5. The maximum absolute atomic E-state index is 12.3. The van der Waals surface area contributed by atoms with Crippen LogP contribution in [-0.4, -0.2) is 42.9 Å². The lowest BCUT2D eigenvalue weighted by Gasteiger charge is -2.16. The Hall–Kier alpha value is -1.75. The number of carbonyl (C=O) groups excluding carboxylic acids is 2. The largest absolute Gasteiger partial charge is 0.463 e. The summed E-state index contributed by atoms with van der Waals surface area (Å²) in [6.07, 6.45) is 5.33. The molecule has 0 spiro atoms. The summed E-state index contributed by atoms with van der Waals surface area (Å²) in [6, 6.07) is 9.40. The average molecular weight is 323 g/mol. The normalized spacial score (nSPS) is 12.9. The summed E-state index contributed by atoms with van der Waals surface area (Å²) in [7, 11) is -0.286. The lowest BCUT2D eigenvalue weighted by molar-refractivity contribution is -0.141. The smallest absolute Gasteiger partial charge is 0.364 e. The van der Waals surface area contributed by atoms with Gasteiger partial charge in [0.15, 0.2) is 0 Å². The SMILES string of the molecule is CCOC(=O)C=C(c1ccccc1)C(C(=O)OCC)[S+](C)C. The van der Waals surface area contributed by atoms with E-state index in [1.165, 1.54) is 6.08 Å². The third-order valence-electron chi connectivity index (χ3n) is 2.92. The summed E-state index contributed by atoms with van der Waals surface area (Å²) in [6.45, 7) is 4.13. The number of benzene rings is 1. The van der Waals surface area contributed by atoms with Gasteiger partial charge in [0.2, 0.25) is 5.25 Å². The molecule has 0 saturated carbocycles. The van der Waals surface area contributed by atoms with E-state index in [-0.39, 0.29) is 16.9 Å². The fourth-order valence-corrected chi connectivity index (χ4v) is 3.21. The minimum Gasteiger partial charge on any atom is -0.463 e. The molecule has 1 aromatic rings. The van der Waals surface area contributed by atoms with Crippen LogP contribution in [-0.2, 0) is 30.0 Å². The quantitative estimate of drug-likeness (QED) is 0.439. The Morgan fingerprint density at radius 3 is 2.18 bits per heavy atom. The highest BCUT2D eigenvalue weighted by Gasteiger charge is 2.36. The van der Waals surface area contributed by atoms with Crippen molar-refractivity contribution in [3.8, 4) is 0 Å². The first kappa shape index (κ1) is 18.3. The molecule has 0 amide bonds. The second-order valence-corrected chi connectivity index (χ2v) is 6.96. The van der Waals surface area contributed by atoms with Crippen molar-refractivity contribution < 1.29 is 19.1 Å². The van der Waals surface area contributed by atoms with Gasteiger partial charge in [-0.25, -0.2) is 9.59 Å². The molecule has 22 heavy (non-hydrogen) atoms. The summed E-state index contributed by atoms with van der Waals surface area (Å²) >= 11 is 0. The fraction of sp³-hybridized carbons (Fsp3) is 0.412. The molecular formula is C17H23O4S+. The van der Waals surface area contributed by atoms with Gasteiger partial charge in [-0.05, 0) is 19.4 Å². The van der Waals surface area contributed by atoms with E-state index < -0.39 is 11.2 Å². The maximum atomic E-state index is 12.3. The number of hydrogen-bond acceptors (Lipinski definition) is 4. The number of ether oxygens (including phenoxy) is 2. The fourth-order valence-electron chi connectivity index (χ4n) is 2.04. The van der Waals surface area contributed by atoms with Gasteiger partial charge in [0.25, 0.3) is 0 Å². The van der Waals surface area contributed by atoms with Crippen LogP contribution in [0.4, 0.5) is 0 Å². The minimum atomic E-state index is -0.480. The molecule has 0 aromatic heterocycles. The Labute approximate surface area is 134 Å². The molecule has 1 atom stereocenters. The molecule has 0 bridgehead atoms. The van der Waals surface area contributed by atoms with Gasteiger partial charge in [0.05, 0.1) is 25.7 Å². The van der Waals surface area contributed by atoms with Gasteiger partial charge in [-0.1, -0.05) is 30.3 Å². The van der Waals surface area contributed by atoms with E-state index in [0.29, 0.717) is 18.8 Å². The Bertz CT molecular complexity index is 523. The molecule has 0 aliphatic rings. The van der Waals surface area contributed by atoms with Crippen LogP contribution in [0.25, 0.3) is 5.57 Å². The van der Waals surface area contributed by atoms with Crippen LogP contribution in [0.3, 0.4) is 0 Å². The van der Waals surface area contributed by atoms with E-state index >= 15 is 0 Å². The van der Waals surface area contributed by atoms with Crippen LogP contribution < -0.4 is 0 Å². The van der Waals surface area contributed by atoms with Crippen LogP contribution >= 0.6 is 0 Å². The standard InChI is InChI=1S/C17H23O4S/c1-5-20-15(18)12-14(13-10-8-7-9-11-13)16(22(3)4)17(19)21-6-2/h7-12,16H,5-6H2,1-4H3/q+1. The third-order valence-corrected chi connectivity index (χ3v) is 4.31. The van der Waals surface area contributed by atoms with Gasteiger partial charge >= 0.3 is 11.9 Å². The van der Waals surface area contributed by atoms with Gasteiger partial charge in [-0.3, -0.25) is 0 Å².